The van der Waals surface area contributed by atoms with Crippen molar-refractivity contribution in [1.82, 2.24) is 15.0 Å². The SMILES string of the molecule is Cc1c(Br)cccc1-c1noc(CN2CCC(CO)CC2)n1. The lowest BCUT2D eigenvalue weighted by atomic mass is 9.98. The second kappa shape index (κ2) is 6.89. The van der Waals surface area contributed by atoms with Gasteiger partial charge in [-0.1, -0.05) is 33.2 Å². The van der Waals surface area contributed by atoms with Gasteiger partial charge in [0.25, 0.3) is 0 Å². The minimum atomic E-state index is 0.292. The molecule has 2 heterocycles. The van der Waals surface area contributed by atoms with E-state index in [9.17, 15) is 5.11 Å². The Labute approximate surface area is 138 Å². The third-order valence-electron chi connectivity index (χ3n) is 4.30. The van der Waals surface area contributed by atoms with Crippen LogP contribution in [0.1, 0.15) is 24.3 Å². The van der Waals surface area contributed by atoms with Crippen LogP contribution in [0.2, 0.25) is 0 Å². The smallest absolute Gasteiger partial charge is 0.241 e. The molecular weight excluding hydrogens is 346 g/mol. The van der Waals surface area contributed by atoms with Gasteiger partial charge in [0, 0.05) is 16.6 Å². The van der Waals surface area contributed by atoms with E-state index in [1.165, 1.54) is 0 Å². The molecule has 1 N–H and O–H groups in total. The number of piperidine rings is 1. The second-order valence-electron chi connectivity index (χ2n) is 5.83. The highest BCUT2D eigenvalue weighted by atomic mass is 79.9. The second-order valence-corrected chi connectivity index (χ2v) is 6.68. The molecule has 118 valence electrons. The maximum absolute atomic E-state index is 9.18. The van der Waals surface area contributed by atoms with Crippen LogP contribution in [0.4, 0.5) is 0 Å². The summed E-state index contributed by atoms with van der Waals surface area (Å²) in [6, 6.07) is 5.98. The Morgan fingerprint density at radius 3 is 2.86 bits per heavy atom. The van der Waals surface area contributed by atoms with E-state index in [0.29, 0.717) is 30.8 Å². The number of hydrogen-bond acceptors (Lipinski definition) is 5. The molecule has 0 amide bonds. The van der Waals surface area contributed by atoms with Gasteiger partial charge in [-0.25, -0.2) is 0 Å². The van der Waals surface area contributed by atoms with Crippen LogP contribution >= 0.6 is 15.9 Å². The molecule has 1 aromatic carbocycles. The molecule has 5 nitrogen and oxygen atoms in total. The fourth-order valence-electron chi connectivity index (χ4n) is 2.80. The molecule has 0 unspecified atom stereocenters. The lowest BCUT2D eigenvalue weighted by Crippen LogP contribution is -2.34. The minimum absolute atomic E-state index is 0.292. The van der Waals surface area contributed by atoms with Crippen LogP contribution in [-0.2, 0) is 6.54 Å². The predicted octanol–water partition coefficient (Wildman–Crippen LogP) is 3.01. The largest absolute Gasteiger partial charge is 0.396 e. The van der Waals surface area contributed by atoms with Crippen molar-refractivity contribution in [2.45, 2.75) is 26.3 Å². The molecule has 1 aliphatic rings. The zero-order valence-corrected chi connectivity index (χ0v) is 14.2. The molecule has 1 aromatic heterocycles. The van der Waals surface area contributed by atoms with Gasteiger partial charge in [0.1, 0.15) is 0 Å². The summed E-state index contributed by atoms with van der Waals surface area (Å²) in [6.45, 7) is 4.95. The van der Waals surface area contributed by atoms with Crippen LogP contribution in [0.5, 0.6) is 0 Å². The number of benzene rings is 1. The molecular formula is C16H20BrN3O2. The van der Waals surface area contributed by atoms with E-state index in [4.69, 9.17) is 4.52 Å². The maximum atomic E-state index is 9.18. The standard InChI is InChI=1S/C16H20BrN3O2/c1-11-13(3-2-4-14(11)17)16-18-15(22-19-16)9-20-7-5-12(10-21)6-8-20/h2-4,12,21H,5-10H2,1H3. The summed E-state index contributed by atoms with van der Waals surface area (Å²) < 4.78 is 6.45. The highest BCUT2D eigenvalue weighted by molar-refractivity contribution is 9.10. The number of nitrogens with zero attached hydrogens (tertiary/aromatic N) is 3. The lowest BCUT2D eigenvalue weighted by molar-refractivity contribution is 0.119. The first kappa shape index (κ1) is 15.6. The average molecular weight is 366 g/mol. The van der Waals surface area contributed by atoms with Gasteiger partial charge < -0.3 is 9.63 Å². The van der Waals surface area contributed by atoms with Crippen molar-refractivity contribution in [3.05, 3.63) is 34.1 Å². The third kappa shape index (κ3) is 3.39. The Morgan fingerprint density at radius 1 is 1.36 bits per heavy atom. The van der Waals surface area contributed by atoms with Crippen LogP contribution in [-0.4, -0.2) is 39.8 Å². The summed E-state index contributed by atoms with van der Waals surface area (Å²) in [5.74, 6) is 1.73. The quantitative estimate of drug-likeness (QED) is 0.901. The number of aliphatic hydroxyl groups excluding tert-OH is 1. The van der Waals surface area contributed by atoms with Crippen LogP contribution in [0, 0.1) is 12.8 Å². The first-order valence-electron chi connectivity index (χ1n) is 7.58. The molecule has 3 rings (SSSR count). The first-order valence-corrected chi connectivity index (χ1v) is 8.38. The van der Waals surface area contributed by atoms with Gasteiger partial charge >= 0.3 is 0 Å². The van der Waals surface area contributed by atoms with Crippen molar-refractivity contribution >= 4 is 15.9 Å². The topological polar surface area (TPSA) is 62.4 Å². The molecule has 0 saturated carbocycles. The maximum Gasteiger partial charge on any atom is 0.241 e. The van der Waals surface area contributed by atoms with Crippen molar-refractivity contribution in [1.29, 1.82) is 0 Å². The Balaban J connectivity index is 1.68. The zero-order chi connectivity index (χ0) is 15.5. The molecule has 6 heteroatoms. The van der Waals surface area contributed by atoms with Crippen LogP contribution in [0.15, 0.2) is 27.2 Å². The molecule has 1 saturated heterocycles. The van der Waals surface area contributed by atoms with E-state index in [1.54, 1.807) is 0 Å². The molecule has 0 aliphatic carbocycles. The summed E-state index contributed by atoms with van der Waals surface area (Å²) in [7, 11) is 0. The fraction of sp³-hybridized carbons (Fsp3) is 0.500. The van der Waals surface area contributed by atoms with Gasteiger partial charge in [-0.2, -0.15) is 4.98 Å². The summed E-state index contributed by atoms with van der Waals surface area (Å²) in [5, 5.41) is 13.3. The van der Waals surface area contributed by atoms with Crippen LogP contribution in [0.3, 0.4) is 0 Å². The molecule has 2 aromatic rings. The van der Waals surface area contributed by atoms with E-state index in [1.807, 2.05) is 25.1 Å². The Morgan fingerprint density at radius 2 is 2.14 bits per heavy atom. The van der Waals surface area contributed by atoms with E-state index >= 15 is 0 Å². The summed E-state index contributed by atoms with van der Waals surface area (Å²) in [5.41, 5.74) is 2.10. The van der Waals surface area contributed by atoms with Gasteiger partial charge in [-0.15, -0.1) is 0 Å². The van der Waals surface area contributed by atoms with Gasteiger partial charge in [-0.3, -0.25) is 4.90 Å². The van der Waals surface area contributed by atoms with Gasteiger partial charge in [0.05, 0.1) is 6.54 Å². The number of likely N-dealkylation sites (tertiary alicyclic amines) is 1. The normalized spacial score (nSPS) is 17.0. The number of halogens is 1. The molecule has 0 bridgehead atoms. The van der Waals surface area contributed by atoms with Crippen molar-refractivity contribution in [2.24, 2.45) is 5.92 Å². The van der Waals surface area contributed by atoms with E-state index in [-0.39, 0.29) is 0 Å². The molecule has 1 fully saturated rings. The van der Waals surface area contributed by atoms with Crippen molar-refractivity contribution in [2.75, 3.05) is 19.7 Å². The van der Waals surface area contributed by atoms with Crippen molar-refractivity contribution in [3.63, 3.8) is 0 Å². The fourth-order valence-corrected chi connectivity index (χ4v) is 3.16. The third-order valence-corrected chi connectivity index (χ3v) is 5.16. The Hall–Kier alpha value is -1.24. The lowest BCUT2D eigenvalue weighted by Gasteiger charge is -2.29. The average Bonchev–Trinajstić information content (AvgIpc) is 2.99. The van der Waals surface area contributed by atoms with Crippen LogP contribution in [0.25, 0.3) is 11.4 Å². The van der Waals surface area contributed by atoms with E-state index < -0.39 is 0 Å². The predicted molar refractivity (Wildman–Crippen MR) is 87.3 cm³/mol. The first-order chi connectivity index (χ1) is 10.7. The monoisotopic (exact) mass is 365 g/mol. The molecule has 1 aliphatic heterocycles. The zero-order valence-electron chi connectivity index (χ0n) is 12.6. The highest BCUT2D eigenvalue weighted by Crippen LogP contribution is 2.27. The number of aliphatic hydroxyl groups is 1. The summed E-state index contributed by atoms with van der Waals surface area (Å²) >= 11 is 3.53. The Kier molecular flexibility index (Phi) is 4.90. The molecule has 22 heavy (non-hydrogen) atoms. The van der Waals surface area contributed by atoms with Gasteiger partial charge in [0.2, 0.25) is 11.7 Å². The number of hydrogen-bond donors (Lipinski definition) is 1. The summed E-state index contributed by atoms with van der Waals surface area (Å²) in [6.07, 6.45) is 2.06. The van der Waals surface area contributed by atoms with Crippen LogP contribution < -0.4 is 0 Å². The molecule has 0 spiro atoms. The minimum Gasteiger partial charge on any atom is -0.396 e. The van der Waals surface area contributed by atoms with E-state index in [2.05, 4.69) is 31.0 Å². The summed E-state index contributed by atoms with van der Waals surface area (Å²) in [4.78, 5) is 6.83. The van der Waals surface area contributed by atoms with Gasteiger partial charge in [0.15, 0.2) is 0 Å². The van der Waals surface area contributed by atoms with Crippen molar-refractivity contribution in [3.8, 4) is 11.4 Å². The highest BCUT2D eigenvalue weighted by Gasteiger charge is 2.21. The van der Waals surface area contributed by atoms with Crippen molar-refractivity contribution < 1.29 is 9.63 Å². The number of rotatable bonds is 4. The Bertz CT molecular complexity index is 636. The number of aromatic nitrogens is 2. The van der Waals surface area contributed by atoms with E-state index in [0.717, 1.165) is 41.5 Å². The molecule has 0 atom stereocenters. The molecule has 0 radical (unpaired) electrons. The van der Waals surface area contributed by atoms with Gasteiger partial charge in [-0.05, 0) is 50.4 Å².